The highest BCUT2D eigenvalue weighted by Crippen LogP contribution is 2.32. The number of thioether (sulfide) groups is 1. The number of halogens is 3. The van der Waals surface area contributed by atoms with E-state index in [1.165, 1.54) is 40.8 Å². The van der Waals surface area contributed by atoms with Crippen LogP contribution in [-0.4, -0.2) is 44.6 Å². The van der Waals surface area contributed by atoms with E-state index in [9.17, 15) is 18.0 Å². The van der Waals surface area contributed by atoms with Crippen LogP contribution in [-0.2, 0) is 0 Å². The van der Waals surface area contributed by atoms with Crippen molar-refractivity contribution in [3.63, 3.8) is 0 Å². The number of aryl methyl sites for hydroxylation is 3. The lowest BCUT2D eigenvalue weighted by Crippen LogP contribution is -2.36. The van der Waals surface area contributed by atoms with E-state index in [0.29, 0.717) is 16.7 Å². The number of alkyl halides is 3. The first-order valence-corrected chi connectivity index (χ1v) is 14.9. The van der Waals surface area contributed by atoms with Gasteiger partial charge in [0.15, 0.2) is 11.0 Å². The molecule has 0 saturated carbocycles. The van der Waals surface area contributed by atoms with E-state index in [4.69, 9.17) is 0 Å². The molecule has 1 aromatic heterocycles. The van der Waals surface area contributed by atoms with E-state index in [1.54, 1.807) is 18.0 Å². The average molecular weight is 621 g/mol. The summed E-state index contributed by atoms with van der Waals surface area (Å²) in [4.78, 5) is 23.7. The molecule has 0 atom stereocenters. The summed E-state index contributed by atoms with van der Waals surface area (Å²) in [6.07, 6.45) is -0.617. The number of benzene rings is 3. The highest BCUT2D eigenvalue weighted by Gasteiger charge is 2.31. The van der Waals surface area contributed by atoms with Crippen molar-refractivity contribution in [3.8, 4) is 22.8 Å². The molecule has 12 heteroatoms. The van der Waals surface area contributed by atoms with Gasteiger partial charge in [-0.3, -0.25) is 0 Å². The Bertz CT molecular complexity index is 1690. The molecule has 44 heavy (non-hydrogen) atoms. The van der Waals surface area contributed by atoms with Crippen LogP contribution in [0, 0.1) is 20.8 Å². The largest absolute Gasteiger partial charge is 0.573 e. The molecule has 0 bridgehead atoms. The molecule has 2 heterocycles. The van der Waals surface area contributed by atoms with Crippen molar-refractivity contribution >= 4 is 34.2 Å². The number of hydrogen-bond donors (Lipinski definition) is 1. The summed E-state index contributed by atoms with van der Waals surface area (Å²) in [6.45, 7) is 8.95. The number of rotatable bonds is 6. The van der Waals surface area contributed by atoms with Crippen LogP contribution in [0.3, 0.4) is 0 Å². The molecule has 0 spiro atoms. The maximum Gasteiger partial charge on any atom is 0.573 e. The number of aliphatic imine (C=N–C) groups is 1. The molecule has 1 aliphatic rings. The molecule has 1 fully saturated rings. The Kier molecular flexibility index (Phi) is 9.09. The normalized spacial score (nSPS) is 15.0. The Morgan fingerprint density at radius 1 is 1.05 bits per heavy atom. The molecule has 5 rings (SSSR count). The van der Waals surface area contributed by atoms with Gasteiger partial charge in [-0.05, 0) is 80.6 Å². The zero-order valence-electron chi connectivity index (χ0n) is 24.6. The summed E-state index contributed by atoms with van der Waals surface area (Å²) in [7, 11) is 0. The first-order chi connectivity index (χ1) is 21.0. The Morgan fingerprint density at radius 2 is 1.73 bits per heavy atom. The number of anilines is 1. The third kappa shape index (κ3) is 7.49. The van der Waals surface area contributed by atoms with Gasteiger partial charge in [-0.1, -0.05) is 53.7 Å². The first kappa shape index (κ1) is 30.9. The molecule has 2 amide bonds. The average Bonchev–Trinajstić information content (AvgIpc) is 3.46. The predicted octanol–water partition coefficient (Wildman–Crippen LogP) is 7.83. The minimum absolute atomic E-state index is 0.313. The van der Waals surface area contributed by atoms with Gasteiger partial charge in [-0.25, -0.2) is 14.5 Å². The van der Waals surface area contributed by atoms with Crippen LogP contribution < -0.4 is 15.0 Å². The van der Waals surface area contributed by atoms with Crippen LogP contribution in [0.15, 0.2) is 78.2 Å². The molecule has 1 N–H and O–H groups in total. The molecule has 4 aromatic rings. The summed E-state index contributed by atoms with van der Waals surface area (Å²) in [6, 6.07) is 16.7. The lowest BCUT2D eigenvalue weighted by molar-refractivity contribution is -0.274. The summed E-state index contributed by atoms with van der Waals surface area (Å²) >= 11 is 1.58. The quantitative estimate of drug-likeness (QED) is 0.237. The van der Waals surface area contributed by atoms with Gasteiger partial charge in [0.05, 0.1) is 5.69 Å². The van der Waals surface area contributed by atoms with E-state index in [1.807, 2.05) is 31.2 Å². The lowest BCUT2D eigenvalue weighted by atomic mass is 10.0. The van der Waals surface area contributed by atoms with Gasteiger partial charge in [0.25, 0.3) is 0 Å². The van der Waals surface area contributed by atoms with E-state index in [0.717, 1.165) is 52.2 Å². The maximum atomic E-state index is 12.8. The van der Waals surface area contributed by atoms with Gasteiger partial charge < -0.3 is 15.0 Å². The Labute approximate surface area is 257 Å². The monoisotopic (exact) mass is 620 g/mol. The molecule has 0 radical (unpaired) electrons. The van der Waals surface area contributed by atoms with Crippen LogP contribution >= 0.6 is 11.8 Å². The summed E-state index contributed by atoms with van der Waals surface area (Å²) in [5.74, 6) is 1.04. The molecule has 8 nitrogen and oxygen atoms in total. The number of urea groups is 1. The zero-order chi connectivity index (χ0) is 31.4. The van der Waals surface area contributed by atoms with Crippen LogP contribution in [0.1, 0.15) is 35.6 Å². The third-order valence-electron chi connectivity index (χ3n) is 6.93. The number of nitrogens with one attached hydrogen (secondary N) is 1. The van der Waals surface area contributed by atoms with Gasteiger partial charge >= 0.3 is 12.4 Å². The number of carbonyl (C=O) groups is 1. The fourth-order valence-electron chi connectivity index (χ4n) is 5.03. The van der Waals surface area contributed by atoms with E-state index >= 15 is 0 Å². The molecular weight excluding hydrogens is 589 g/mol. The minimum atomic E-state index is -4.75. The number of allylic oxidation sites excluding steroid dienone is 1. The second kappa shape index (κ2) is 13.0. The lowest BCUT2D eigenvalue weighted by Gasteiger charge is -2.32. The van der Waals surface area contributed by atoms with Crippen molar-refractivity contribution in [2.24, 2.45) is 4.99 Å². The van der Waals surface area contributed by atoms with Crippen molar-refractivity contribution in [1.29, 1.82) is 0 Å². The van der Waals surface area contributed by atoms with Gasteiger partial charge in [-0.2, -0.15) is 4.99 Å². The van der Waals surface area contributed by atoms with Crippen LogP contribution in [0.4, 0.5) is 23.7 Å². The van der Waals surface area contributed by atoms with Crippen molar-refractivity contribution in [2.45, 2.75) is 40.5 Å². The van der Waals surface area contributed by atoms with Crippen molar-refractivity contribution in [2.75, 3.05) is 17.2 Å². The number of carbonyl (C=O) groups excluding carboxylic acids is 1. The standard InChI is InChI=1S/C32H31F3N6O2S/c1-20-16-21(2)28(22(3)17-20)40-14-5-15-44-31(40)38-30(42)36-18-23(4)24-6-8-25(9-7-24)29-37-19-41(39-29)26-10-12-27(13-11-26)43-32(33,34)35/h6-13,16-19H,5,14-15H2,1-4H3,(H,36,42)/b23-18+,38-31?. The fourth-order valence-corrected chi connectivity index (χ4v) is 5.97. The van der Waals surface area contributed by atoms with E-state index in [2.05, 4.69) is 62.9 Å². The number of hydrogen-bond acceptors (Lipinski definition) is 5. The van der Waals surface area contributed by atoms with Gasteiger partial charge in [0.2, 0.25) is 0 Å². The molecule has 1 aliphatic heterocycles. The van der Waals surface area contributed by atoms with Crippen LogP contribution in [0.25, 0.3) is 22.6 Å². The Morgan fingerprint density at radius 3 is 2.39 bits per heavy atom. The van der Waals surface area contributed by atoms with E-state index in [-0.39, 0.29) is 5.75 Å². The molecule has 228 valence electrons. The molecule has 0 unspecified atom stereocenters. The van der Waals surface area contributed by atoms with Crippen molar-refractivity contribution in [3.05, 3.63) is 95.4 Å². The Balaban J connectivity index is 1.24. The highest BCUT2D eigenvalue weighted by atomic mass is 32.2. The van der Waals surface area contributed by atoms with Crippen LogP contribution in [0.5, 0.6) is 5.75 Å². The smallest absolute Gasteiger partial charge is 0.406 e. The van der Waals surface area contributed by atoms with Gasteiger partial charge in [-0.15, -0.1) is 18.3 Å². The molecule has 1 saturated heterocycles. The van der Waals surface area contributed by atoms with E-state index < -0.39 is 12.4 Å². The van der Waals surface area contributed by atoms with Crippen molar-refractivity contribution < 1.29 is 22.7 Å². The summed E-state index contributed by atoms with van der Waals surface area (Å²) < 4.78 is 42.6. The van der Waals surface area contributed by atoms with Crippen LogP contribution in [0.2, 0.25) is 0 Å². The zero-order valence-corrected chi connectivity index (χ0v) is 25.5. The number of amidine groups is 1. The number of ether oxygens (including phenoxy) is 1. The molecular formula is C32H31F3N6O2S. The summed E-state index contributed by atoms with van der Waals surface area (Å²) in [5.41, 5.74) is 7.64. The van der Waals surface area contributed by atoms with Gasteiger partial charge in [0.1, 0.15) is 12.1 Å². The fraction of sp³-hybridized carbons (Fsp3) is 0.250. The molecule has 3 aromatic carbocycles. The predicted molar refractivity (Wildman–Crippen MR) is 168 cm³/mol. The third-order valence-corrected chi connectivity index (χ3v) is 7.99. The SMILES string of the molecule is C/C(=C\NC(=O)N=C1SCCCN1c1c(C)cc(C)cc1C)c1ccc(-c2ncn(-c3ccc(OC(F)(F)F)cc3)n2)cc1. The first-order valence-electron chi connectivity index (χ1n) is 13.9. The summed E-state index contributed by atoms with van der Waals surface area (Å²) in [5, 5.41) is 7.92. The Hall–Kier alpha value is -4.58. The highest BCUT2D eigenvalue weighted by molar-refractivity contribution is 8.14. The molecule has 0 aliphatic carbocycles. The minimum Gasteiger partial charge on any atom is -0.406 e. The number of amides is 2. The number of nitrogens with zero attached hydrogens (tertiary/aromatic N) is 5. The number of aromatic nitrogens is 3. The maximum absolute atomic E-state index is 12.8. The van der Waals surface area contributed by atoms with Crippen molar-refractivity contribution in [1.82, 2.24) is 20.1 Å². The topological polar surface area (TPSA) is 84.6 Å². The van der Waals surface area contributed by atoms with Gasteiger partial charge in [0, 0.05) is 29.7 Å². The second-order valence-corrected chi connectivity index (χ2v) is 11.5. The second-order valence-electron chi connectivity index (χ2n) is 10.4.